The lowest BCUT2D eigenvalue weighted by Crippen LogP contribution is -2.12. The summed E-state index contributed by atoms with van der Waals surface area (Å²) in [5.74, 6) is 1.46. The third-order valence-corrected chi connectivity index (χ3v) is 4.41. The summed E-state index contributed by atoms with van der Waals surface area (Å²) >= 11 is 0. The summed E-state index contributed by atoms with van der Waals surface area (Å²) < 4.78 is 0. The van der Waals surface area contributed by atoms with E-state index in [1.165, 1.54) is 0 Å². The van der Waals surface area contributed by atoms with E-state index in [-0.39, 0.29) is 11.8 Å². The van der Waals surface area contributed by atoms with Gasteiger partial charge >= 0.3 is 0 Å². The van der Waals surface area contributed by atoms with Crippen LogP contribution in [0, 0.1) is 0 Å². The number of likely N-dealkylation sites (N-methyl/N-ethyl adjacent to an activating group) is 1. The topological polar surface area (TPSA) is 82.7 Å². The maximum absolute atomic E-state index is 12.4. The van der Waals surface area contributed by atoms with Crippen molar-refractivity contribution in [1.29, 1.82) is 0 Å². The van der Waals surface area contributed by atoms with E-state index in [0.717, 1.165) is 29.0 Å². The Labute approximate surface area is 151 Å². The summed E-state index contributed by atoms with van der Waals surface area (Å²) in [5, 5.41) is 5.93. The third-order valence-electron chi connectivity index (χ3n) is 4.41. The number of hydrogen-bond acceptors (Lipinski definition) is 4. The number of nitrogens with one attached hydrogen (secondary N) is 3. The number of benzene rings is 1. The second-order valence-corrected chi connectivity index (χ2v) is 6.13. The van der Waals surface area contributed by atoms with E-state index < -0.39 is 0 Å². The molecule has 6 nitrogen and oxygen atoms in total. The number of aromatic amines is 1. The Morgan fingerprint density at radius 2 is 2.19 bits per heavy atom. The van der Waals surface area contributed by atoms with Gasteiger partial charge in [-0.25, -0.2) is 9.97 Å². The number of aromatic nitrogens is 3. The number of carbonyl (C=O) groups excluding carboxylic acids is 1. The number of rotatable bonds is 4. The van der Waals surface area contributed by atoms with Gasteiger partial charge in [-0.1, -0.05) is 18.2 Å². The first-order chi connectivity index (χ1) is 12.7. The molecule has 1 amide bonds. The van der Waals surface area contributed by atoms with Gasteiger partial charge in [-0.15, -0.1) is 0 Å². The van der Waals surface area contributed by atoms with Crippen LogP contribution in [-0.2, 0) is 0 Å². The highest BCUT2D eigenvalue weighted by molar-refractivity contribution is 6.05. The van der Waals surface area contributed by atoms with Crippen molar-refractivity contribution in [3.05, 3.63) is 77.9 Å². The molecule has 0 radical (unpaired) electrons. The first kappa shape index (κ1) is 16.1. The molecule has 3 N–H and O–H groups in total. The summed E-state index contributed by atoms with van der Waals surface area (Å²) in [6, 6.07) is 10.9. The van der Waals surface area contributed by atoms with Crippen molar-refractivity contribution in [3.63, 3.8) is 0 Å². The molecule has 0 bridgehead atoms. The van der Waals surface area contributed by atoms with Crippen LogP contribution in [-0.4, -0.2) is 27.9 Å². The van der Waals surface area contributed by atoms with E-state index in [1.807, 2.05) is 31.3 Å². The number of allylic oxidation sites excluding steroid dienone is 3. The van der Waals surface area contributed by atoms with Crippen LogP contribution in [0.3, 0.4) is 0 Å². The lowest BCUT2D eigenvalue weighted by molar-refractivity contribution is 0.102. The summed E-state index contributed by atoms with van der Waals surface area (Å²) in [6.45, 7) is 0. The molecule has 3 aromatic rings. The van der Waals surface area contributed by atoms with Crippen LogP contribution in [0.25, 0.3) is 11.0 Å². The second kappa shape index (κ2) is 6.84. The number of anilines is 1. The molecule has 1 atom stereocenters. The number of nitrogens with zero attached hydrogens (tertiary/aromatic N) is 2. The van der Waals surface area contributed by atoms with E-state index in [0.29, 0.717) is 11.4 Å². The van der Waals surface area contributed by atoms with Crippen molar-refractivity contribution >= 4 is 22.8 Å². The normalized spacial score (nSPS) is 16.3. The molecule has 6 heteroatoms. The molecule has 26 heavy (non-hydrogen) atoms. The van der Waals surface area contributed by atoms with Crippen molar-refractivity contribution in [1.82, 2.24) is 20.3 Å². The molecule has 0 spiro atoms. The lowest BCUT2D eigenvalue weighted by Gasteiger charge is -2.13. The molecule has 2 aromatic heterocycles. The molecule has 1 aliphatic rings. The quantitative estimate of drug-likeness (QED) is 0.677. The zero-order chi connectivity index (χ0) is 17.9. The van der Waals surface area contributed by atoms with Gasteiger partial charge in [0.25, 0.3) is 5.91 Å². The van der Waals surface area contributed by atoms with Crippen LogP contribution >= 0.6 is 0 Å². The molecular weight excluding hydrogens is 326 g/mol. The van der Waals surface area contributed by atoms with Gasteiger partial charge in [-0.05, 0) is 42.8 Å². The molecule has 4 rings (SSSR count). The Hall–Kier alpha value is -3.41. The minimum atomic E-state index is -0.194. The SMILES string of the molecule is CNC1=CCC(c2nc3ccc(C(=O)Nc4ccccn4)cc3[nH]2)C=C1. The summed E-state index contributed by atoms with van der Waals surface area (Å²) in [6.07, 6.45) is 8.89. The zero-order valence-corrected chi connectivity index (χ0v) is 14.4. The fraction of sp³-hybridized carbons (Fsp3) is 0.150. The van der Waals surface area contributed by atoms with E-state index in [1.54, 1.807) is 18.3 Å². The van der Waals surface area contributed by atoms with Gasteiger partial charge in [0, 0.05) is 30.4 Å². The highest BCUT2D eigenvalue weighted by atomic mass is 16.1. The molecule has 130 valence electrons. The predicted octanol–water partition coefficient (Wildman–Crippen LogP) is 3.36. The van der Waals surface area contributed by atoms with Gasteiger partial charge in [-0.2, -0.15) is 0 Å². The number of pyridine rings is 1. The molecule has 1 unspecified atom stereocenters. The Bertz CT molecular complexity index is 1000. The van der Waals surface area contributed by atoms with Crippen LogP contribution in [0.1, 0.15) is 28.5 Å². The van der Waals surface area contributed by atoms with E-state index in [2.05, 4.69) is 43.8 Å². The number of amides is 1. The largest absolute Gasteiger partial charge is 0.388 e. The Kier molecular flexibility index (Phi) is 4.23. The maximum Gasteiger partial charge on any atom is 0.256 e. The van der Waals surface area contributed by atoms with E-state index >= 15 is 0 Å². The standard InChI is InChI=1S/C20H19N5O/c1-21-15-8-5-13(6-9-15)19-23-16-10-7-14(12-17(16)24-19)20(26)25-18-4-2-3-11-22-18/h2-5,7-13,21H,6H2,1H3,(H,23,24)(H,22,25,26). The Morgan fingerprint density at radius 3 is 2.92 bits per heavy atom. The predicted molar refractivity (Wildman–Crippen MR) is 102 cm³/mol. The molecule has 1 aliphatic carbocycles. The van der Waals surface area contributed by atoms with Crippen LogP contribution in [0.5, 0.6) is 0 Å². The second-order valence-electron chi connectivity index (χ2n) is 6.13. The number of fused-ring (bicyclic) bond motifs is 1. The number of hydrogen-bond donors (Lipinski definition) is 3. The molecule has 2 heterocycles. The fourth-order valence-electron chi connectivity index (χ4n) is 2.98. The van der Waals surface area contributed by atoms with Crippen LogP contribution in [0.2, 0.25) is 0 Å². The lowest BCUT2D eigenvalue weighted by atomic mass is 9.99. The first-order valence-electron chi connectivity index (χ1n) is 8.51. The van der Waals surface area contributed by atoms with Gasteiger partial charge < -0.3 is 15.6 Å². The van der Waals surface area contributed by atoms with Crippen LogP contribution in [0.4, 0.5) is 5.82 Å². The van der Waals surface area contributed by atoms with Gasteiger partial charge in [-0.3, -0.25) is 4.79 Å². The number of H-pyrrole nitrogens is 1. The molecule has 0 saturated carbocycles. The van der Waals surface area contributed by atoms with E-state index in [9.17, 15) is 4.79 Å². The molecular formula is C20H19N5O. The Balaban J connectivity index is 1.55. The van der Waals surface area contributed by atoms with Gasteiger partial charge in [0.1, 0.15) is 11.6 Å². The van der Waals surface area contributed by atoms with E-state index in [4.69, 9.17) is 0 Å². The minimum absolute atomic E-state index is 0.194. The van der Waals surface area contributed by atoms with Crippen molar-refractivity contribution in [2.45, 2.75) is 12.3 Å². The zero-order valence-electron chi connectivity index (χ0n) is 14.4. The van der Waals surface area contributed by atoms with Crippen molar-refractivity contribution in [2.24, 2.45) is 0 Å². The van der Waals surface area contributed by atoms with Gasteiger partial charge in [0.2, 0.25) is 0 Å². The molecule has 0 aliphatic heterocycles. The number of carbonyl (C=O) groups is 1. The number of imidazole rings is 1. The smallest absolute Gasteiger partial charge is 0.256 e. The molecule has 0 saturated heterocycles. The maximum atomic E-state index is 12.4. The monoisotopic (exact) mass is 345 g/mol. The van der Waals surface area contributed by atoms with Gasteiger partial charge in [0.15, 0.2) is 0 Å². The molecule has 0 fully saturated rings. The summed E-state index contributed by atoms with van der Waals surface area (Å²) in [5.41, 5.74) is 3.39. The van der Waals surface area contributed by atoms with Crippen molar-refractivity contribution in [2.75, 3.05) is 12.4 Å². The third kappa shape index (κ3) is 3.21. The average molecular weight is 345 g/mol. The molecule has 1 aromatic carbocycles. The van der Waals surface area contributed by atoms with Gasteiger partial charge in [0.05, 0.1) is 11.0 Å². The fourth-order valence-corrected chi connectivity index (χ4v) is 2.98. The first-order valence-corrected chi connectivity index (χ1v) is 8.51. The summed E-state index contributed by atoms with van der Waals surface area (Å²) in [7, 11) is 1.91. The van der Waals surface area contributed by atoms with Crippen LogP contribution < -0.4 is 10.6 Å². The highest BCUT2D eigenvalue weighted by Crippen LogP contribution is 2.26. The highest BCUT2D eigenvalue weighted by Gasteiger charge is 2.16. The van der Waals surface area contributed by atoms with Crippen LogP contribution in [0.15, 0.2) is 66.5 Å². The Morgan fingerprint density at radius 1 is 1.27 bits per heavy atom. The minimum Gasteiger partial charge on any atom is -0.388 e. The average Bonchev–Trinajstić information content (AvgIpc) is 3.12. The van der Waals surface area contributed by atoms with Crippen molar-refractivity contribution in [3.8, 4) is 0 Å². The summed E-state index contributed by atoms with van der Waals surface area (Å²) in [4.78, 5) is 24.6. The van der Waals surface area contributed by atoms with Crippen molar-refractivity contribution < 1.29 is 4.79 Å².